The Morgan fingerprint density at radius 3 is 2.68 bits per heavy atom. The molecule has 2 aromatic rings. The van der Waals surface area contributed by atoms with E-state index in [0.29, 0.717) is 6.54 Å². The lowest BCUT2D eigenvalue weighted by Crippen LogP contribution is -2.45. The molecule has 6 nitrogen and oxygen atoms in total. The number of benzene rings is 2. The van der Waals surface area contributed by atoms with Crippen molar-refractivity contribution in [1.29, 1.82) is 0 Å². The second-order valence-corrected chi connectivity index (χ2v) is 5.92. The Hall–Kier alpha value is -3.02. The summed E-state index contributed by atoms with van der Waals surface area (Å²) in [4.78, 5) is 25.7. The van der Waals surface area contributed by atoms with Crippen LogP contribution in [0.5, 0.6) is 5.75 Å². The van der Waals surface area contributed by atoms with Crippen molar-refractivity contribution in [3.8, 4) is 5.75 Å². The number of aromatic hydroxyl groups is 1. The molecule has 0 aliphatic carbocycles. The van der Waals surface area contributed by atoms with E-state index in [1.54, 1.807) is 24.3 Å². The normalized spacial score (nSPS) is 16.6. The number of carbonyl (C=O) groups excluding carboxylic acids is 2. The minimum absolute atomic E-state index is 0.0365. The summed E-state index contributed by atoms with van der Waals surface area (Å²) in [5.74, 6) is -0.115. The number of phenols is 1. The van der Waals surface area contributed by atoms with Crippen molar-refractivity contribution in [3.05, 3.63) is 65.7 Å². The number of hydrogen-bond donors (Lipinski definition) is 2. The van der Waals surface area contributed by atoms with Crippen LogP contribution in [0.2, 0.25) is 0 Å². The van der Waals surface area contributed by atoms with Gasteiger partial charge in [0.1, 0.15) is 18.4 Å². The molecule has 25 heavy (non-hydrogen) atoms. The summed E-state index contributed by atoms with van der Waals surface area (Å²) in [6.07, 6.45) is 0.201. The molecular weight excluding hydrogens is 320 g/mol. The molecule has 6 heteroatoms. The molecule has 0 spiro atoms. The SMILES string of the molecule is O=C(NCCc1ccccc1)[C@@H]1COC(=O)N1Cc1cccc(O)c1. The molecule has 1 atom stereocenters. The summed E-state index contributed by atoms with van der Waals surface area (Å²) < 4.78 is 5.03. The Bertz CT molecular complexity index is 748. The van der Waals surface area contributed by atoms with Crippen LogP contribution in [0.3, 0.4) is 0 Å². The highest BCUT2D eigenvalue weighted by molar-refractivity contribution is 5.87. The van der Waals surface area contributed by atoms with E-state index >= 15 is 0 Å². The molecule has 0 unspecified atom stereocenters. The largest absolute Gasteiger partial charge is 0.508 e. The fourth-order valence-electron chi connectivity index (χ4n) is 2.79. The number of carbonyl (C=O) groups is 2. The molecule has 3 rings (SSSR count). The summed E-state index contributed by atoms with van der Waals surface area (Å²) in [5, 5.41) is 12.4. The Balaban J connectivity index is 1.57. The van der Waals surface area contributed by atoms with Crippen LogP contribution in [-0.4, -0.2) is 41.2 Å². The van der Waals surface area contributed by atoms with Crippen molar-refractivity contribution < 1.29 is 19.4 Å². The van der Waals surface area contributed by atoms with Crippen molar-refractivity contribution in [2.75, 3.05) is 13.2 Å². The quantitative estimate of drug-likeness (QED) is 0.844. The Labute approximate surface area is 146 Å². The van der Waals surface area contributed by atoms with Crippen LogP contribution in [0.4, 0.5) is 4.79 Å². The summed E-state index contributed by atoms with van der Waals surface area (Å²) in [6.45, 7) is 0.742. The molecule has 0 saturated carbocycles. The number of hydrogen-bond acceptors (Lipinski definition) is 4. The average molecular weight is 340 g/mol. The van der Waals surface area contributed by atoms with E-state index in [0.717, 1.165) is 17.5 Å². The monoisotopic (exact) mass is 340 g/mol. The molecule has 1 fully saturated rings. The maximum Gasteiger partial charge on any atom is 0.410 e. The molecule has 2 N–H and O–H groups in total. The van der Waals surface area contributed by atoms with E-state index in [1.165, 1.54) is 4.90 Å². The van der Waals surface area contributed by atoms with E-state index in [-0.39, 0.29) is 24.8 Å². The summed E-state index contributed by atoms with van der Waals surface area (Å²) in [6, 6.07) is 15.8. The van der Waals surface area contributed by atoms with Gasteiger partial charge in [0.15, 0.2) is 0 Å². The Kier molecular flexibility index (Phi) is 5.18. The first kappa shape index (κ1) is 16.8. The molecule has 0 bridgehead atoms. The summed E-state index contributed by atoms with van der Waals surface area (Å²) in [7, 11) is 0. The van der Waals surface area contributed by atoms with Gasteiger partial charge in [-0.3, -0.25) is 9.69 Å². The highest BCUT2D eigenvalue weighted by Crippen LogP contribution is 2.19. The van der Waals surface area contributed by atoms with Crippen LogP contribution in [0.1, 0.15) is 11.1 Å². The molecule has 1 aliphatic rings. The third-order valence-electron chi connectivity index (χ3n) is 4.10. The molecule has 0 radical (unpaired) electrons. The predicted molar refractivity (Wildman–Crippen MR) is 91.9 cm³/mol. The average Bonchev–Trinajstić information content (AvgIpc) is 2.97. The lowest BCUT2D eigenvalue weighted by molar-refractivity contribution is -0.124. The van der Waals surface area contributed by atoms with Gasteiger partial charge >= 0.3 is 6.09 Å². The molecular formula is C19H20N2O4. The molecule has 1 aliphatic heterocycles. The third kappa shape index (κ3) is 4.29. The zero-order valence-corrected chi connectivity index (χ0v) is 13.7. The first-order valence-electron chi connectivity index (χ1n) is 8.16. The van der Waals surface area contributed by atoms with Crippen LogP contribution in [0.25, 0.3) is 0 Å². The molecule has 0 aromatic heterocycles. The summed E-state index contributed by atoms with van der Waals surface area (Å²) in [5.41, 5.74) is 1.87. The highest BCUT2D eigenvalue weighted by Gasteiger charge is 2.37. The second kappa shape index (κ2) is 7.70. The molecule has 2 aromatic carbocycles. The van der Waals surface area contributed by atoms with Crippen LogP contribution >= 0.6 is 0 Å². The first-order chi connectivity index (χ1) is 12.1. The van der Waals surface area contributed by atoms with Crippen molar-refractivity contribution in [1.82, 2.24) is 10.2 Å². The van der Waals surface area contributed by atoms with Crippen molar-refractivity contribution in [3.63, 3.8) is 0 Å². The van der Waals surface area contributed by atoms with E-state index in [1.807, 2.05) is 30.3 Å². The Morgan fingerprint density at radius 2 is 1.92 bits per heavy atom. The minimum Gasteiger partial charge on any atom is -0.508 e. The number of rotatable bonds is 6. The van der Waals surface area contributed by atoms with Gasteiger partial charge in [-0.15, -0.1) is 0 Å². The van der Waals surface area contributed by atoms with Crippen molar-refractivity contribution >= 4 is 12.0 Å². The van der Waals surface area contributed by atoms with E-state index in [2.05, 4.69) is 5.32 Å². The summed E-state index contributed by atoms with van der Waals surface area (Å²) >= 11 is 0. The lowest BCUT2D eigenvalue weighted by atomic mass is 10.1. The molecule has 130 valence electrons. The topological polar surface area (TPSA) is 78.9 Å². The highest BCUT2D eigenvalue weighted by atomic mass is 16.6. The fraction of sp³-hybridized carbons (Fsp3) is 0.263. The number of ether oxygens (including phenoxy) is 1. The number of phenolic OH excluding ortho intramolecular Hbond substituents is 1. The van der Waals surface area contributed by atoms with Crippen molar-refractivity contribution in [2.24, 2.45) is 0 Å². The Morgan fingerprint density at radius 1 is 1.16 bits per heavy atom. The number of nitrogens with zero attached hydrogens (tertiary/aromatic N) is 1. The number of cyclic esters (lactones) is 1. The maximum atomic E-state index is 12.4. The van der Waals surface area contributed by atoms with Crippen LogP contribution in [-0.2, 0) is 22.5 Å². The smallest absolute Gasteiger partial charge is 0.410 e. The predicted octanol–water partition coefficient (Wildman–Crippen LogP) is 2.07. The van der Waals surface area contributed by atoms with E-state index in [4.69, 9.17) is 4.74 Å². The van der Waals surface area contributed by atoms with Crippen LogP contribution < -0.4 is 5.32 Å². The van der Waals surface area contributed by atoms with Gasteiger partial charge < -0.3 is 15.2 Å². The zero-order chi connectivity index (χ0) is 17.6. The van der Waals surface area contributed by atoms with E-state index < -0.39 is 12.1 Å². The minimum atomic E-state index is -0.661. The van der Waals surface area contributed by atoms with Crippen LogP contribution in [0, 0.1) is 0 Å². The second-order valence-electron chi connectivity index (χ2n) is 5.92. The van der Waals surface area contributed by atoms with Gasteiger partial charge in [-0.25, -0.2) is 4.79 Å². The molecule has 1 heterocycles. The van der Waals surface area contributed by atoms with Gasteiger partial charge in [0.25, 0.3) is 0 Å². The lowest BCUT2D eigenvalue weighted by Gasteiger charge is -2.21. The van der Waals surface area contributed by atoms with E-state index in [9.17, 15) is 14.7 Å². The van der Waals surface area contributed by atoms with Crippen molar-refractivity contribution in [2.45, 2.75) is 19.0 Å². The van der Waals surface area contributed by atoms with Crippen LogP contribution in [0.15, 0.2) is 54.6 Å². The van der Waals surface area contributed by atoms with Gasteiger partial charge in [-0.05, 0) is 29.7 Å². The van der Waals surface area contributed by atoms with Gasteiger partial charge in [0.05, 0.1) is 6.54 Å². The molecule has 2 amide bonds. The van der Waals surface area contributed by atoms with Gasteiger partial charge in [-0.1, -0.05) is 42.5 Å². The zero-order valence-electron chi connectivity index (χ0n) is 13.7. The number of nitrogens with one attached hydrogen (secondary N) is 1. The fourth-order valence-corrected chi connectivity index (χ4v) is 2.79. The maximum absolute atomic E-state index is 12.4. The first-order valence-corrected chi connectivity index (χ1v) is 8.16. The third-order valence-corrected chi connectivity index (χ3v) is 4.10. The van der Waals surface area contributed by atoms with Gasteiger partial charge in [0, 0.05) is 6.54 Å². The standard InChI is InChI=1S/C19H20N2O4/c22-16-8-4-7-15(11-16)12-21-17(13-25-19(21)24)18(23)20-10-9-14-5-2-1-3-6-14/h1-8,11,17,22H,9-10,12-13H2,(H,20,23)/t17-/m0/s1. The van der Waals surface area contributed by atoms with Gasteiger partial charge in [-0.2, -0.15) is 0 Å². The molecule has 1 saturated heterocycles. The van der Waals surface area contributed by atoms with Gasteiger partial charge in [0.2, 0.25) is 5.91 Å². The number of amides is 2.